The first-order valence-corrected chi connectivity index (χ1v) is 2.26. The summed E-state index contributed by atoms with van der Waals surface area (Å²) in [6.07, 6.45) is 3.57. The summed E-state index contributed by atoms with van der Waals surface area (Å²) in [5.41, 5.74) is 1.26. The van der Waals surface area contributed by atoms with E-state index in [-0.39, 0.29) is 52.0 Å². The van der Waals surface area contributed by atoms with Gasteiger partial charge in [-0.3, -0.25) is 4.98 Å². The monoisotopic (exact) mass is 375 g/mol. The van der Waals surface area contributed by atoms with Gasteiger partial charge in [0.15, 0.2) is 0 Å². The normalized spacial score (nSPS) is 5.55. The van der Waals surface area contributed by atoms with Crippen LogP contribution in [0.25, 0.3) is 0 Å². The van der Waals surface area contributed by atoms with Crippen LogP contribution in [0.3, 0.4) is 0 Å². The fourth-order valence-electron chi connectivity index (χ4n) is 0.426. The Balaban J connectivity index is -0.0000000612. The predicted octanol–water partition coefficient (Wildman–Crippen LogP) is -4.44. The minimum Gasteiger partial charge on any atom is -1.00 e. The minimum atomic E-state index is 0. The molecule has 3 N–H and O–H groups in total. The topological polar surface area (TPSA) is 47.9 Å². The Morgan fingerprint density at radius 3 is 1.64 bits per heavy atom. The quantitative estimate of drug-likeness (QED) is 0.497. The molecule has 0 saturated carbocycles. The Hall–Kier alpha value is 0.378. The molecule has 0 radical (unpaired) electrons. The predicted molar refractivity (Wildman–Crippen MR) is 34.0 cm³/mol. The van der Waals surface area contributed by atoms with Gasteiger partial charge < -0.3 is 31.0 Å². The molecule has 2 nitrogen and oxygen atoms in total. The molecule has 0 aromatic carbocycles. The number of halogens is 2. The van der Waals surface area contributed by atoms with E-state index >= 15 is 0 Å². The summed E-state index contributed by atoms with van der Waals surface area (Å²) in [4.78, 5) is 3.85. The molecule has 0 unspecified atom stereocenters. The third-order valence-electron chi connectivity index (χ3n) is 0.847. The van der Waals surface area contributed by atoms with Crippen LogP contribution in [0.4, 0.5) is 0 Å². The van der Waals surface area contributed by atoms with E-state index < -0.39 is 0 Å². The number of nitrogens with zero attached hydrogens (tertiary/aromatic N) is 1. The summed E-state index contributed by atoms with van der Waals surface area (Å²) < 4.78 is 0. The maximum absolute atomic E-state index is 3.85. The average Bonchev–Trinajstić information content (AvgIpc) is 1.69. The van der Waals surface area contributed by atoms with Crippen molar-refractivity contribution in [2.75, 3.05) is 0 Å². The van der Waals surface area contributed by atoms with Crippen LogP contribution < -0.4 is 31.0 Å². The molecular formula is C6H10Cl2N2Pt. The molecule has 0 aliphatic carbocycles. The summed E-state index contributed by atoms with van der Waals surface area (Å²) in [7, 11) is 0. The fourth-order valence-corrected chi connectivity index (χ4v) is 0.426. The van der Waals surface area contributed by atoms with E-state index in [4.69, 9.17) is 0 Å². The molecule has 68 valence electrons. The molecule has 0 atom stereocenters. The van der Waals surface area contributed by atoms with Gasteiger partial charge in [-0.2, -0.15) is 0 Å². The second-order valence-electron chi connectivity index (χ2n) is 1.52. The van der Waals surface area contributed by atoms with Crippen molar-refractivity contribution in [1.82, 2.24) is 11.1 Å². The number of hydrogen-bond acceptors (Lipinski definition) is 2. The van der Waals surface area contributed by atoms with E-state index in [1.54, 1.807) is 12.4 Å². The van der Waals surface area contributed by atoms with Gasteiger partial charge in [0.05, 0.1) is 0 Å². The third kappa shape index (κ3) is 10.4. The molecule has 0 spiro atoms. The Morgan fingerprint density at radius 2 is 1.45 bits per heavy atom. The van der Waals surface area contributed by atoms with Crippen molar-refractivity contribution in [3.05, 3.63) is 30.1 Å². The second kappa shape index (κ2) is 13.0. The van der Waals surface area contributed by atoms with Crippen LogP contribution in [0, 0.1) is 6.92 Å². The Morgan fingerprint density at radius 1 is 1.09 bits per heavy atom. The molecule has 5 heteroatoms. The second-order valence-corrected chi connectivity index (χ2v) is 1.52. The van der Waals surface area contributed by atoms with E-state index in [9.17, 15) is 0 Å². The van der Waals surface area contributed by atoms with Crippen LogP contribution in [0.15, 0.2) is 24.5 Å². The Bertz CT molecular complexity index is 149. The maximum Gasteiger partial charge on any atom is 2.00 e. The van der Waals surface area contributed by atoms with Crippen molar-refractivity contribution in [2.45, 2.75) is 6.92 Å². The number of aryl methyl sites for hydroxylation is 1. The number of rotatable bonds is 0. The SMILES string of the molecule is Cc1ccncc1.N.[Cl-].[Cl-].[Pt+2]. The zero-order chi connectivity index (χ0) is 5.11. The van der Waals surface area contributed by atoms with Gasteiger partial charge in [-0.1, -0.05) is 0 Å². The van der Waals surface area contributed by atoms with Crippen LogP contribution >= 0.6 is 0 Å². The molecule has 1 rings (SSSR count). The van der Waals surface area contributed by atoms with Gasteiger partial charge in [0.1, 0.15) is 0 Å². The van der Waals surface area contributed by atoms with Crippen molar-refractivity contribution < 1.29 is 45.9 Å². The molecule has 0 saturated heterocycles. The van der Waals surface area contributed by atoms with Gasteiger partial charge in [0.25, 0.3) is 0 Å². The Labute approximate surface area is 93.8 Å². The van der Waals surface area contributed by atoms with Crippen molar-refractivity contribution in [3.63, 3.8) is 0 Å². The van der Waals surface area contributed by atoms with Gasteiger partial charge in [0, 0.05) is 12.4 Å². The molecule has 0 aliphatic heterocycles. The van der Waals surface area contributed by atoms with Crippen molar-refractivity contribution >= 4 is 0 Å². The molecular weight excluding hydrogens is 366 g/mol. The average molecular weight is 376 g/mol. The van der Waals surface area contributed by atoms with Gasteiger partial charge in [-0.05, 0) is 24.6 Å². The zero-order valence-corrected chi connectivity index (χ0v) is 9.82. The van der Waals surface area contributed by atoms with E-state index in [1.807, 2.05) is 19.1 Å². The van der Waals surface area contributed by atoms with Crippen LogP contribution in [0.5, 0.6) is 0 Å². The maximum atomic E-state index is 3.85. The number of aromatic nitrogens is 1. The van der Waals surface area contributed by atoms with Crippen LogP contribution in [0.2, 0.25) is 0 Å². The van der Waals surface area contributed by atoms with E-state index in [0.717, 1.165) is 0 Å². The first-order chi connectivity index (χ1) is 3.39. The van der Waals surface area contributed by atoms with Gasteiger partial charge >= 0.3 is 21.1 Å². The molecule has 1 aromatic heterocycles. The summed E-state index contributed by atoms with van der Waals surface area (Å²) in [6.45, 7) is 2.04. The van der Waals surface area contributed by atoms with Crippen molar-refractivity contribution in [3.8, 4) is 0 Å². The van der Waals surface area contributed by atoms with E-state index in [2.05, 4.69) is 4.98 Å². The largest absolute Gasteiger partial charge is 2.00 e. The summed E-state index contributed by atoms with van der Waals surface area (Å²) in [6, 6.07) is 3.94. The third-order valence-corrected chi connectivity index (χ3v) is 0.847. The van der Waals surface area contributed by atoms with Crippen molar-refractivity contribution in [2.24, 2.45) is 0 Å². The van der Waals surface area contributed by atoms with Gasteiger partial charge in [0.2, 0.25) is 0 Å². The molecule has 1 heterocycles. The molecule has 1 aromatic rings. The van der Waals surface area contributed by atoms with Gasteiger partial charge in [-0.25, -0.2) is 0 Å². The standard InChI is InChI=1S/C6H7N.2ClH.H3N.Pt/c1-6-2-4-7-5-3-6;;;;/h2-5H,1H3;2*1H;1H3;/q;;;;+2/p-2. The van der Waals surface area contributed by atoms with Gasteiger partial charge in [-0.15, -0.1) is 0 Å². The summed E-state index contributed by atoms with van der Waals surface area (Å²) >= 11 is 0. The number of pyridine rings is 1. The van der Waals surface area contributed by atoms with Crippen LogP contribution in [-0.4, -0.2) is 4.98 Å². The molecule has 0 fully saturated rings. The number of hydrogen-bond donors (Lipinski definition) is 1. The minimum absolute atomic E-state index is 0. The zero-order valence-electron chi connectivity index (χ0n) is 6.04. The summed E-state index contributed by atoms with van der Waals surface area (Å²) in [5, 5.41) is 0. The van der Waals surface area contributed by atoms with Crippen LogP contribution in [-0.2, 0) is 21.1 Å². The van der Waals surface area contributed by atoms with E-state index in [1.165, 1.54) is 5.56 Å². The fraction of sp³-hybridized carbons (Fsp3) is 0.167. The smallest absolute Gasteiger partial charge is 1.00 e. The molecule has 0 bridgehead atoms. The first kappa shape index (κ1) is 22.5. The summed E-state index contributed by atoms with van der Waals surface area (Å²) in [5.74, 6) is 0. The Kier molecular flexibility index (Phi) is 26.6. The van der Waals surface area contributed by atoms with Crippen molar-refractivity contribution in [1.29, 1.82) is 0 Å². The van der Waals surface area contributed by atoms with E-state index in [0.29, 0.717) is 0 Å². The molecule has 0 aliphatic rings. The van der Waals surface area contributed by atoms with Crippen LogP contribution in [0.1, 0.15) is 5.56 Å². The molecule has 0 amide bonds. The first-order valence-electron chi connectivity index (χ1n) is 2.26. The molecule has 11 heavy (non-hydrogen) atoms.